The predicted molar refractivity (Wildman–Crippen MR) is 278 cm³/mol. The van der Waals surface area contributed by atoms with Gasteiger partial charge in [0.1, 0.15) is 0 Å². The van der Waals surface area contributed by atoms with Crippen molar-refractivity contribution < 1.29 is 0 Å². The maximum Gasteiger partial charge on any atom is 0.164 e. The number of aromatic nitrogens is 4. The van der Waals surface area contributed by atoms with Crippen LogP contribution in [0.1, 0.15) is 0 Å². The van der Waals surface area contributed by atoms with Gasteiger partial charge >= 0.3 is 0 Å². The summed E-state index contributed by atoms with van der Waals surface area (Å²) in [5.74, 6) is 1.85. The lowest BCUT2D eigenvalue weighted by molar-refractivity contribution is 1.07. The molecule has 2 heterocycles. The van der Waals surface area contributed by atoms with Crippen molar-refractivity contribution >= 4 is 21.8 Å². The normalized spacial score (nSPS) is 11.3. The fraction of sp³-hybridized carbons (Fsp3) is 0. The van der Waals surface area contributed by atoms with Crippen molar-refractivity contribution in [2.75, 3.05) is 0 Å². The summed E-state index contributed by atoms with van der Waals surface area (Å²) >= 11 is 0. The number of hydrogen-bond donors (Lipinski definition) is 0. The SMILES string of the molecule is c1ccc(-c2ccc(-c3ccc(-c4nc(-c5ccc(-c6ccccc6)cc5)nc(-c5ccc6c7ccccc7n(-c7ccc(-c8cccc(-c9ccccc9)c8)cc7)c6c5)n4)cc3)cc2)cc1. The lowest BCUT2D eigenvalue weighted by Gasteiger charge is -2.12. The van der Waals surface area contributed by atoms with Crippen molar-refractivity contribution in [1.29, 1.82) is 0 Å². The quantitative estimate of drug-likeness (QED) is 0.145. The number of fused-ring (bicyclic) bond motifs is 3. The zero-order valence-electron chi connectivity index (χ0n) is 36.5. The molecule has 0 unspecified atom stereocenters. The Morgan fingerprint density at radius 2 is 0.537 bits per heavy atom. The van der Waals surface area contributed by atoms with Gasteiger partial charge in [0.25, 0.3) is 0 Å². The van der Waals surface area contributed by atoms with Crippen LogP contribution in [0.25, 0.3) is 117 Å². The van der Waals surface area contributed by atoms with Crippen molar-refractivity contribution in [2.24, 2.45) is 0 Å². The van der Waals surface area contributed by atoms with Crippen LogP contribution in [0.3, 0.4) is 0 Å². The second-order valence-electron chi connectivity index (χ2n) is 16.8. The van der Waals surface area contributed by atoms with Gasteiger partial charge in [0.2, 0.25) is 0 Å². The molecular weight excluding hydrogens is 813 g/mol. The maximum absolute atomic E-state index is 5.22. The van der Waals surface area contributed by atoms with Crippen molar-refractivity contribution in [2.45, 2.75) is 0 Å². The summed E-state index contributed by atoms with van der Waals surface area (Å²) in [7, 11) is 0. The first-order valence-electron chi connectivity index (χ1n) is 22.7. The van der Waals surface area contributed by atoms with Crippen LogP contribution in [-0.2, 0) is 0 Å². The molecule has 0 atom stereocenters. The van der Waals surface area contributed by atoms with Crippen LogP contribution in [0.2, 0.25) is 0 Å². The van der Waals surface area contributed by atoms with Gasteiger partial charge in [-0.25, -0.2) is 15.0 Å². The number of benzene rings is 10. The lowest BCUT2D eigenvalue weighted by atomic mass is 9.99. The predicted octanol–water partition coefficient (Wildman–Crippen LogP) is 16.3. The topological polar surface area (TPSA) is 43.6 Å². The molecule has 0 amide bonds. The van der Waals surface area contributed by atoms with Crippen molar-refractivity contribution in [1.82, 2.24) is 19.5 Å². The van der Waals surface area contributed by atoms with E-state index in [2.05, 4.69) is 247 Å². The molecule has 0 aliphatic rings. The third-order valence-corrected chi connectivity index (χ3v) is 12.7. The molecule has 0 aliphatic carbocycles. The van der Waals surface area contributed by atoms with Crippen LogP contribution in [-0.4, -0.2) is 19.5 Å². The fourth-order valence-corrected chi connectivity index (χ4v) is 9.20. The first kappa shape index (κ1) is 39.6. The van der Waals surface area contributed by atoms with E-state index in [1.165, 1.54) is 38.8 Å². The minimum absolute atomic E-state index is 0.611. The van der Waals surface area contributed by atoms with Crippen molar-refractivity contribution in [3.8, 4) is 95.5 Å². The second-order valence-corrected chi connectivity index (χ2v) is 16.8. The van der Waals surface area contributed by atoms with Crippen LogP contribution in [0.5, 0.6) is 0 Å². The molecule has 0 saturated heterocycles. The minimum Gasteiger partial charge on any atom is -0.309 e. The number of rotatable bonds is 9. The molecule has 314 valence electrons. The summed E-state index contributed by atoms with van der Waals surface area (Å²) in [6, 6.07) is 90.1. The smallest absolute Gasteiger partial charge is 0.164 e. The highest BCUT2D eigenvalue weighted by Gasteiger charge is 2.17. The molecule has 12 aromatic rings. The van der Waals surface area contributed by atoms with Gasteiger partial charge in [-0.3, -0.25) is 0 Å². The molecular formula is C63H42N4. The monoisotopic (exact) mass is 854 g/mol. The molecule has 0 fully saturated rings. The van der Waals surface area contributed by atoms with Gasteiger partial charge in [-0.15, -0.1) is 0 Å². The van der Waals surface area contributed by atoms with Crippen LogP contribution in [0.4, 0.5) is 0 Å². The second kappa shape index (κ2) is 17.2. The molecule has 10 aromatic carbocycles. The van der Waals surface area contributed by atoms with E-state index in [1.54, 1.807) is 0 Å². The van der Waals surface area contributed by atoms with Gasteiger partial charge in [-0.1, -0.05) is 224 Å². The Labute approximate surface area is 389 Å². The van der Waals surface area contributed by atoms with Crippen LogP contribution in [0.15, 0.2) is 255 Å². The van der Waals surface area contributed by atoms with Crippen molar-refractivity contribution in [3.05, 3.63) is 255 Å². The Bertz CT molecular complexity index is 3670. The molecule has 4 heteroatoms. The summed E-state index contributed by atoms with van der Waals surface area (Å²) < 4.78 is 2.36. The van der Waals surface area contributed by atoms with E-state index in [0.29, 0.717) is 17.5 Å². The first-order chi connectivity index (χ1) is 33.2. The summed E-state index contributed by atoms with van der Waals surface area (Å²) in [5.41, 5.74) is 17.8. The summed E-state index contributed by atoms with van der Waals surface area (Å²) in [6.45, 7) is 0. The van der Waals surface area contributed by atoms with E-state index in [4.69, 9.17) is 15.0 Å². The molecule has 12 rings (SSSR count). The van der Waals surface area contributed by atoms with E-state index in [0.717, 1.165) is 61.1 Å². The van der Waals surface area contributed by atoms with E-state index >= 15 is 0 Å². The highest BCUT2D eigenvalue weighted by atomic mass is 15.0. The third kappa shape index (κ3) is 7.77. The molecule has 67 heavy (non-hydrogen) atoms. The summed E-state index contributed by atoms with van der Waals surface area (Å²) in [4.78, 5) is 15.6. The van der Waals surface area contributed by atoms with Crippen LogP contribution in [0, 0.1) is 0 Å². The Morgan fingerprint density at radius 3 is 1.03 bits per heavy atom. The maximum atomic E-state index is 5.22. The van der Waals surface area contributed by atoms with Crippen LogP contribution >= 0.6 is 0 Å². The number of hydrogen-bond acceptors (Lipinski definition) is 3. The van der Waals surface area contributed by atoms with Gasteiger partial charge in [-0.2, -0.15) is 0 Å². The lowest BCUT2D eigenvalue weighted by Crippen LogP contribution is -2.00. The molecule has 0 spiro atoms. The highest BCUT2D eigenvalue weighted by molar-refractivity contribution is 6.10. The van der Waals surface area contributed by atoms with Gasteiger partial charge < -0.3 is 4.57 Å². The van der Waals surface area contributed by atoms with Gasteiger partial charge in [0, 0.05) is 33.2 Å². The largest absolute Gasteiger partial charge is 0.309 e. The zero-order chi connectivity index (χ0) is 44.5. The highest BCUT2D eigenvalue weighted by Crippen LogP contribution is 2.37. The van der Waals surface area contributed by atoms with Gasteiger partial charge in [-0.05, 0) is 86.0 Å². The van der Waals surface area contributed by atoms with E-state index in [9.17, 15) is 0 Å². The van der Waals surface area contributed by atoms with Crippen LogP contribution < -0.4 is 0 Å². The minimum atomic E-state index is 0.611. The van der Waals surface area contributed by atoms with Crippen molar-refractivity contribution in [3.63, 3.8) is 0 Å². The van der Waals surface area contributed by atoms with Gasteiger partial charge in [0.05, 0.1) is 11.0 Å². The van der Waals surface area contributed by atoms with E-state index in [-0.39, 0.29) is 0 Å². The molecule has 0 saturated carbocycles. The Kier molecular flexibility index (Phi) is 10.2. The Hall–Kier alpha value is -8.99. The first-order valence-corrected chi connectivity index (χ1v) is 22.7. The van der Waals surface area contributed by atoms with E-state index < -0.39 is 0 Å². The Balaban J connectivity index is 0.938. The average molecular weight is 855 g/mol. The molecule has 0 N–H and O–H groups in total. The summed E-state index contributed by atoms with van der Waals surface area (Å²) in [6.07, 6.45) is 0. The molecule has 0 aliphatic heterocycles. The average Bonchev–Trinajstić information content (AvgIpc) is 3.75. The number of nitrogens with zero attached hydrogens (tertiary/aromatic N) is 4. The molecule has 0 radical (unpaired) electrons. The summed E-state index contributed by atoms with van der Waals surface area (Å²) in [5, 5.41) is 2.35. The zero-order valence-corrected chi connectivity index (χ0v) is 36.5. The molecule has 2 aromatic heterocycles. The molecule has 0 bridgehead atoms. The standard InChI is InChI=1S/C63H42N4/c1-4-13-43(14-5-1)46-23-25-48(26-24-46)49-29-33-52(34-30-49)62-64-61(51-31-27-47(28-32-51)44-15-6-2-7-16-44)65-63(66-62)55-37-40-58-57-21-10-11-22-59(57)67(60(58)42-55)56-38-35-50(36-39-56)54-20-12-19-53(41-54)45-17-8-3-9-18-45/h1-42H. The van der Waals surface area contributed by atoms with Gasteiger partial charge in [0.15, 0.2) is 17.5 Å². The third-order valence-electron chi connectivity index (χ3n) is 12.7. The number of para-hydroxylation sites is 1. The fourth-order valence-electron chi connectivity index (χ4n) is 9.20. The Morgan fingerprint density at radius 1 is 0.209 bits per heavy atom. The van der Waals surface area contributed by atoms with E-state index in [1.807, 2.05) is 12.1 Å². The molecule has 4 nitrogen and oxygen atoms in total.